The molecule has 264 valence electrons. The van der Waals surface area contributed by atoms with Crippen molar-refractivity contribution in [1.82, 2.24) is 0 Å². The van der Waals surface area contributed by atoms with Crippen LogP contribution in [-0.4, -0.2) is 33.2 Å². The van der Waals surface area contributed by atoms with Crippen molar-refractivity contribution in [3.05, 3.63) is 150 Å². The fraction of sp³-hybridized carbons (Fsp3) is 0.279. The first kappa shape index (κ1) is 36.6. The van der Waals surface area contributed by atoms with Crippen LogP contribution in [-0.2, 0) is 20.6 Å². The van der Waals surface area contributed by atoms with Gasteiger partial charge in [-0.15, -0.1) is 11.8 Å². The number of hydrogen-bond acceptors (Lipinski definition) is 5. The summed E-state index contributed by atoms with van der Waals surface area (Å²) in [6.07, 6.45) is 0.797. The van der Waals surface area contributed by atoms with Gasteiger partial charge in [-0.25, -0.2) is 4.39 Å². The summed E-state index contributed by atoms with van der Waals surface area (Å²) < 4.78 is 34.1. The number of ether oxygens (including phenoxy) is 2. The molecule has 1 amide bonds. The van der Waals surface area contributed by atoms with Crippen LogP contribution in [0.1, 0.15) is 49.6 Å². The number of hydrogen-bond donors (Lipinski definition) is 0. The molecule has 1 aliphatic heterocycles. The number of carbonyl (C=O) groups excluding carboxylic acids is 1. The van der Waals surface area contributed by atoms with Gasteiger partial charge in [0.1, 0.15) is 24.2 Å². The molecule has 0 aromatic heterocycles. The zero-order chi connectivity index (χ0) is 36.2. The van der Waals surface area contributed by atoms with Crippen LogP contribution in [0.4, 0.5) is 10.1 Å². The van der Waals surface area contributed by atoms with Gasteiger partial charge in [0.25, 0.3) is 5.91 Å². The molecular formula is C43H46FNO4SSi. The molecule has 0 bridgehead atoms. The molecule has 5 nitrogen and oxygen atoms in total. The van der Waals surface area contributed by atoms with Crippen LogP contribution in [0.3, 0.4) is 0 Å². The normalized spacial score (nSPS) is 16.8. The van der Waals surface area contributed by atoms with Crippen molar-refractivity contribution in [2.75, 3.05) is 17.8 Å². The smallest absolute Gasteiger partial charge is 0.259 e. The predicted molar refractivity (Wildman–Crippen MR) is 208 cm³/mol. The third-order valence-electron chi connectivity index (χ3n) is 9.98. The molecule has 0 unspecified atom stereocenters. The summed E-state index contributed by atoms with van der Waals surface area (Å²) in [5, 5.41) is -0.0628. The van der Waals surface area contributed by atoms with Crippen LogP contribution in [0, 0.1) is 5.82 Å². The molecule has 3 atom stereocenters. The van der Waals surface area contributed by atoms with Gasteiger partial charge in [0.05, 0.1) is 12.7 Å². The molecule has 8 heteroatoms. The highest BCUT2D eigenvalue weighted by Crippen LogP contribution is 2.46. The van der Waals surface area contributed by atoms with Gasteiger partial charge < -0.3 is 13.9 Å². The SMILES string of the molecule is CSc1ccc(-c2ccc([C@@H]3[C@@H](OC[C@H](O[Si](C)(C)C(C)(C)C)c4ccc(F)cc4)C(=O)N3c3ccccc3)c(OCc3ccccc3)c2)cc1. The van der Waals surface area contributed by atoms with E-state index in [4.69, 9.17) is 13.9 Å². The van der Waals surface area contributed by atoms with Gasteiger partial charge in [-0.1, -0.05) is 106 Å². The van der Waals surface area contributed by atoms with Gasteiger partial charge in [-0.05, 0) is 89.1 Å². The topological polar surface area (TPSA) is 48.0 Å². The van der Waals surface area contributed by atoms with Crippen molar-refractivity contribution in [3.8, 4) is 16.9 Å². The Kier molecular flexibility index (Phi) is 11.2. The molecule has 5 aromatic rings. The molecule has 5 aromatic carbocycles. The van der Waals surface area contributed by atoms with Crippen LogP contribution in [0.25, 0.3) is 11.1 Å². The molecule has 1 heterocycles. The summed E-state index contributed by atoms with van der Waals surface area (Å²) in [5.41, 5.74) is 5.58. The lowest BCUT2D eigenvalue weighted by molar-refractivity contribution is -0.145. The van der Waals surface area contributed by atoms with Crippen LogP contribution in [0.2, 0.25) is 18.1 Å². The van der Waals surface area contributed by atoms with Crippen molar-refractivity contribution in [2.45, 2.75) is 68.7 Å². The molecule has 1 saturated heterocycles. The van der Waals surface area contributed by atoms with Crippen LogP contribution < -0.4 is 9.64 Å². The number of rotatable bonds is 13. The molecular weight excluding hydrogens is 674 g/mol. The van der Waals surface area contributed by atoms with E-state index in [1.807, 2.05) is 60.7 Å². The second-order valence-electron chi connectivity index (χ2n) is 14.4. The quantitative estimate of drug-likeness (QED) is 0.0689. The van der Waals surface area contributed by atoms with E-state index in [1.54, 1.807) is 28.8 Å². The Labute approximate surface area is 306 Å². The number of halogens is 1. The van der Waals surface area contributed by atoms with E-state index in [0.717, 1.165) is 33.5 Å². The number of para-hydroxylation sites is 1. The minimum atomic E-state index is -2.28. The van der Waals surface area contributed by atoms with Gasteiger partial charge in [0.15, 0.2) is 14.4 Å². The number of β-lactam (4-membered cyclic amide) rings is 1. The lowest BCUT2D eigenvalue weighted by atomic mass is 9.87. The Bertz CT molecular complexity index is 1910. The van der Waals surface area contributed by atoms with Crippen molar-refractivity contribution in [2.24, 2.45) is 0 Å². The summed E-state index contributed by atoms with van der Waals surface area (Å²) >= 11 is 1.71. The Morgan fingerprint density at radius 3 is 2.08 bits per heavy atom. The molecule has 0 saturated carbocycles. The van der Waals surface area contributed by atoms with E-state index >= 15 is 0 Å². The largest absolute Gasteiger partial charge is 0.489 e. The highest BCUT2D eigenvalue weighted by Gasteiger charge is 2.51. The van der Waals surface area contributed by atoms with Crippen molar-refractivity contribution in [3.63, 3.8) is 0 Å². The van der Waals surface area contributed by atoms with Gasteiger partial charge in [-0.2, -0.15) is 0 Å². The Balaban J connectivity index is 1.37. The second kappa shape index (κ2) is 15.6. The van der Waals surface area contributed by atoms with Crippen LogP contribution in [0.5, 0.6) is 5.75 Å². The number of anilines is 1. The highest BCUT2D eigenvalue weighted by atomic mass is 32.2. The summed E-state index contributed by atoms with van der Waals surface area (Å²) in [6, 6.07) is 40.3. The van der Waals surface area contributed by atoms with E-state index < -0.39 is 26.6 Å². The molecule has 51 heavy (non-hydrogen) atoms. The average Bonchev–Trinajstić information content (AvgIpc) is 3.13. The van der Waals surface area contributed by atoms with Gasteiger partial charge in [-0.3, -0.25) is 9.69 Å². The van der Waals surface area contributed by atoms with Crippen LogP contribution in [0.15, 0.2) is 132 Å². The first-order valence-corrected chi connectivity index (χ1v) is 21.5. The summed E-state index contributed by atoms with van der Waals surface area (Å²) in [7, 11) is -2.28. The zero-order valence-corrected chi connectivity index (χ0v) is 32.0. The minimum absolute atomic E-state index is 0.0628. The van der Waals surface area contributed by atoms with Crippen molar-refractivity contribution < 1.29 is 23.1 Å². The summed E-state index contributed by atoms with van der Waals surface area (Å²) in [6.45, 7) is 11.4. The third-order valence-corrected chi connectivity index (χ3v) is 15.2. The molecule has 0 aliphatic carbocycles. The zero-order valence-electron chi connectivity index (χ0n) is 30.1. The maximum atomic E-state index is 14.1. The molecule has 0 spiro atoms. The standard InChI is InChI=1S/C43H46FNO4SSi/c1-43(2,3)51(5,6)49-39(32-17-22-34(44)23-18-32)29-48-41-40(45(42(41)46)35-15-11-8-12-16-35)37-26-21-33(31-19-24-36(50-4)25-20-31)27-38(37)47-28-30-13-9-7-10-14-30/h7-27,39-41H,28-29H2,1-6H3/t39-,40+,41+/m0/s1. The van der Waals surface area contributed by atoms with E-state index in [1.165, 1.54) is 17.0 Å². The fourth-order valence-electron chi connectivity index (χ4n) is 6.00. The van der Waals surface area contributed by atoms with Crippen molar-refractivity contribution in [1.29, 1.82) is 0 Å². The molecule has 1 aliphatic rings. The van der Waals surface area contributed by atoms with E-state index in [2.05, 4.69) is 82.6 Å². The fourth-order valence-corrected chi connectivity index (χ4v) is 7.68. The first-order valence-electron chi connectivity index (χ1n) is 17.3. The third kappa shape index (κ3) is 8.31. The van der Waals surface area contributed by atoms with Gasteiger partial charge in [0, 0.05) is 16.1 Å². The highest BCUT2D eigenvalue weighted by molar-refractivity contribution is 7.98. The Morgan fingerprint density at radius 1 is 0.824 bits per heavy atom. The van der Waals surface area contributed by atoms with E-state index in [0.29, 0.717) is 12.4 Å². The number of thioether (sulfide) groups is 1. The van der Waals surface area contributed by atoms with E-state index in [-0.39, 0.29) is 23.4 Å². The minimum Gasteiger partial charge on any atom is -0.489 e. The van der Waals surface area contributed by atoms with Crippen LogP contribution >= 0.6 is 11.8 Å². The molecule has 0 radical (unpaired) electrons. The van der Waals surface area contributed by atoms with E-state index in [9.17, 15) is 9.18 Å². The predicted octanol–water partition coefficient (Wildman–Crippen LogP) is 11.0. The summed E-state index contributed by atoms with van der Waals surface area (Å²) in [5.74, 6) is 0.234. The number of amides is 1. The maximum Gasteiger partial charge on any atom is 0.259 e. The number of carbonyl (C=O) groups is 1. The lowest BCUT2D eigenvalue weighted by Crippen LogP contribution is -2.60. The molecule has 0 N–H and O–H groups in total. The Morgan fingerprint density at radius 2 is 1.45 bits per heavy atom. The average molecular weight is 720 g/mol. The van der Waals surface area contributed by atoms with Gasteiger partial charge >= 0.3 is 0 Å². The monoisotopic (exact) mass is 719 g/mol. The molecule has 6 rings (SSSR count). The Hall–Kier alpha value is -4.21. The van der Waals surface area contributed by atoms with Gasteiger partial charge in [0.2, 0.25) is 0 Å². The summed E-state index contributed by atoms with van der Waals surface area (Å²) in [4.78, 5) is 17.1. The maximum absolute atomic E-state index is 14.1. The second-order valence-corrected chi connectivity index (χ2v) is 20.1. The lowest BCUT2D eigenvalue weighted by Gasteiger charge is -2.48. The first-order chi connectivity index (χ1) is 24.4. The molecule has 1 fully saturated rings. The number of nitrogens with zero attached hydrogens (tertiary/aromatic N) is 1. The number of benzene rings is 5. The van der Waals surface area contributed by atoms with Crippen molar-refractivity contribution >= 4 is 31.7 Å².